The molecule has 0 amide bonds. The largest absolute Gasteiger partial charge is 0.393 e. The molecule has 0 bridgehead atoms. The van der Waals surface area contributed by atoms with Gasteiger partial charge in [-0.15, -0.1) is 11.3 Å². The average molecular weight is 314 g/mol. The molecule has 0 spiro atoms. The number of nitro benzene ring substituents is 1. The van der Waals surface area contributed by atoms with Crippen LogP contribution in [0, 0.1) is 10.1 Å². The molecule has 10 heteroatoms. The van der Waals surface area contributed by atoms with E-state index in [4.69, 9.17) is 5.73 Å². The fourth-order valence-corrected chi connectivity index (χ4v) is 3.36. The number of nitrogens with zero attached hydrogens (tertiary/aromatic N) is 2. The van der Waals surface area contributed by atoms with E-state index < -0.39 is 25.5 Å². The second-order valence-corrected chi connectivity index (χ2v) is 6.45. The number of nitrogens with one attached hydrogen (secondary N) is 1. The highest BCUT2D eigenvalue weighted by Gasteiger charge is 2.27. The van der Waals surface area contributed by atoms with E-state index in [1.54, 1.807) is 5.51 Å². The number of nitrogens with two attached hydrogens (primary N) is 1. The van der Waals surface area contributed by atoms with Gasteiger partial charge < -0.3 is 5.73 Å². The van der Waals surface area contributed by atoms with Crippen molar-refractivity contribution >= 4 is 32.7 Å². The van der Waals surface area contributed by atoms with Crippen molar-refractivity contribution < 1.29 is 13.3 Å². The number of benzene rings is 1. The zero-order valence-corrected chi connectivity index (χ0v) is 11.6. The smallest absolute Gasteiger partial charge is 0.312 e. The maximum atomic E-state index is 12.1. The van der Waals surface area contributed by atoms with Gasteiger partial charge in [0, 0.05) is 17.6 Å². The monoisotopic (exact) mass is 314 g/mol. The molecule has 0 radical (unpaired) electrons. The lowest BCUT2D eigenvalue weighted by Gasteiger charge is -2.07. The van der Waals surface area contributed by atoms with Crippen LogP contribution in [0.3, 0.4) is 0 Å². The van der Waals surface area contributed by atoms with E-state index in [1.165, 1.54) is 29.7 Å². The van der Waals surface area contributed by atoms with Crippen LogP contribution >= 0.6 is 11.3 Å². The summed E-state index contributed by atoms with van der Waals surface area (Å²) < 4.78 is 26.5. The molecule has 0 aliphatic carbocycles. The second kappa shape index (κ2) is 5.53. The first kappa shape index (κ1) is 14.4. The normalized spacial score (nSPS) is 11.4. The Hall–Kier alpha value is -2.04. The molecular formula is C10H10N4O4S2. The van der Waals surface area contributed by atoms with Crippen LogP contribution in [0.2, 0.25) is 0 Å². The Bertz CT molecular complexity index is 728. The van der Waals surface area contributed by atoms with Gasteiger partial charge in [0.2, 0.25) is 10.0 Å². The standard InChI is InChI=1S/C10H10N4O4S2/c11-8-2-1-3-9(10(8)14(15)16)20(17,18)13-5-7-4-12-6-19-7/h1-4,6,13H,5,11H2. The van der Waals surface area contributed by atoms with E-state index >= 15 is 0 Å². The van der Waals surface area contributed by atoms with Crippen molar-refractivity contribution in [2.45, 2.75) is 11.4 Å². The minimum atomic E-state index is -4.03. The van der Waals surface area contributed by atoms with Crippen molar-refractivity contribution in [2.75, 3.05) is 5.73 Å². The van der Waals surface area contributed by atoms with Gasteiger partial charge in [0.25, 0.3) is 0 Å². The van der Waals surface area contributed by atoms with Crippen molar-refractivity contribution in [3.63, 3.8) is 0 Å². The number of nitrogen functional groups attached to an aromatic ring is 1. The molecule has 1 aromatic carbocycles. The molecule has 0 unspecified atom stereocenters. The highest BCUT2D eigenvalue weighted by molar-refractivity contribution is 7.89. The highest BCUT2D eigenvalue weighted by atomic mass is 32.2. The molecule has 0 aliphatic heterocycles. The molecule has 0 aliphatic rings. The molecule has 8 nitrogen and oxygen atoms in total. The predicted octanol–water partition coefficient (Wildman–Crippen LogP) is 1.11. The van der Waals surface area contributed by atoms with Gasteiger partial charge in [-0.05, 0) is 12.1 Å². The van der Waals surface area contributed by atoms with E-state index in [0.29, 0.717) is 4.88 Å². The van der Waals surface area contributed by atoms with Gasteiger partial charge in [-0.3, -0.25) is 15.1 Å². The van der Waals surface area contributed by atoms with Gasteiger partial charge >= 0.3 is 5.69 Å². The summed E-state index contributed by atoms with van der Waals surface area (Å²) in [4.78, 5) is 14.2. The first-order valence-corrected chi connectivity index (χ1v) is 7.68. The summed E-state index contributed by atoms with van der Waals surface area (Å²) in [6, 6.07) is 3.77. The Morgan fingerprint density at radius 2 is 2.20 bits per heavy atom. The van der Waals surface area contributed by atoms with Gasteiger partial charge in [-0.25, -0.2) is 13.1 Å². The molecule has 0 saturated carbocycles. The Kier molecular flexibility index (Phi) is 3.97. The third-order valence-electron chi connectivity index (χ3n) is 2.42. The van der Waals surface area contributed by atoms with Crippen molar-refractivity contribution in [2.24, 2.45) is 0 Å². The highest BCUT2D eigenvalue weighted by Crippen LogP contribution is 2.29. The lowest BCUT2D eigenvalue weighted by atomic mass is 10.3. The maximum absolute atomic E-state index is 12.1. The summed E-state index contributed by atoms with van der Waals surface area (Å²) in [5.74, 6) is 0. The number of para-hydroxylation sites is 1. The summed E-state index contributed by atoms with van der Waals surface area (Å²) in [6.07, 6.45) is 1.51. The number of thiazole rings is 1. The van der Waals surface area contributed by atoms with Crippen LogP contribution in [0.1, 0.15) is 4.88 Å². The molecule has 0 fully saturated rings. The molecule has 20 heavy (non-hydrogen) atoms. The molecule has 0 atom stereocenters. The fraction of sp³-hybridized carbons (Fsp3) is 0.100. The van der Waals surface area contributed by atoms with Crippen LogP contribution < -0.4 is 10.5 Å². The van der Waals surface area contributed by atoms with Crippen LogP contribution in [0.25, 0.3) is 0 Å². The SMILES string of the molecule is Nc1cccc(S(=O)(=O)NCc2cncs2)c1[N+](=O)[O-]. The molecule has 3 N–H and O–H groups in total. The Morgan fingerprint density at radius 1 is 1.45 bits per heavy atom. The first-order valence-electron chi connectivity index (χ1n) is 5.32. The minimum Gasteiger partial charge on any atom is -0.393 e. The first-order chi connectivity index (χ1) is 9.42. The number of hydrogen-bond donors (Lipinski definition) is 2. The molecule has 0 saturated heterocycles. The van der Waals surface area contributed by atoms with E-state index in [2.05, 4.69) is 9.71 Å². The Balaban J connectivity index is 2.34. The molecule has 2 rings (SSSR count). The zero-order valence-electron chi connectivity index (χ0n) is 10.0. The minimum absolute atomic E-state index is 0.0129. The summed E-state index contributed by atoms with van der Waals surface area (Å²) in [5, 5.41) is 10.9. The van der Waals surface area contributed by atoms with E-state index in [1.807, 2.05) is 0 Å². The van der Waals surface area contributed by atoms with Crippen LogP contribution in [0.15, 0.2) is 34.8 Å². The molecular weight excluding hydrogens is 304 g/mol. The van der Waals surface area contributed by atoms with Crippen molar-refractivity contribution in [3.8, 4) is 0 Å². The second-order valence-electron chi connectivity index (χ2n) is 3.74. The number of anilines is 1. The van der Waals surface area contributed by atoms with Crippen molar-refractivity contribution in [1.29, 1.82) is 0 Å². The lowest BCUT2D eigenvalue weighted by Crippen LogP contribution is -2.24. The number of rotatable bonds is 5. The lowest BCUT2D eigenvalue weighted by molar-refractivity contribution is -0.386. The van der Waals surface area contributed by atoms with E-state index in [9.17, 15) is 18.5 Å². The van der Waals surface area contributed by atoms with Crippen LogP contribution in [-0.2, 0) is 16.6 Å². The quantitative estimate of drug-likeness (QED) is 0.483. The summed E-state index contributed by atoms with van der Waals surface area (Å²) >= 11 is 1.28. The topological polar surface area (TPSA) is 128 Å². The molecule has 1 heterocycles. The number of nitro groups is 1. The summed E-state index contributed by atoms with van der Waals surface area (Å²) in [7, 11) is -4.03. The van der Waals surface area contributed by atoms with Gasteiger partial charge in [0.1, 0.15) is 5.69 Å². The average Bonchev–Trinajstić information content (AvgIpc) is 2.89. The predicted molar refractivity (Wildman–Crippen MR) is 73.6 cm³/mol. The van der Waals surface area contributed by atoms with E-state index in [0.717, 1.165) is 6.07 Å². The third kappa shape index (κ3) is 2.92. The van der Waals surface area contributed by atoms with E-state index in [-0.39, 0.29) is 12.2 Å². The number of aromatic nitrogens is 1. The summed E-state index contributed by atoms with van der Waals surface area (Å²) in [5.41, 5.74) is 6.21. The Morgan fingerprint density at radius 3 is 2.80 bits per heavy atom. The molecule has 2 aromatic rings. The van der Waals surface area contributed by atoms with Gasteiger partial charge in [0.15, 0.2) is 4.90 Å². The number of hydrogen-bond acceptors (Lipinski definition) is 7. The summed E-state index contributed by atoms with van der Waals surface area (Å²) in [6.45, 7) is 0.0129. The number of sulfonamides is 1. The van der Waals surface area contributed by atoms with Crippen LogP contribution in [0.4, 0.5) is 11.4 Å². The fourth-order valence-electron chi connectivity index (χ4n) is 1.52. The maximum Gasteiger partial charge on any atom is 0.312 e. The molecule has 106 valence electrons. The van der Waals surface area contributed by atoms with Crippen molar-refractivity contribution in [1.82, 2.24) is 9.71 Å². The van der Waals surface area contributed by atoms with Gasteiger partial charge in [-0.1, -0.05) is 6.07 Å². The Labute approximate surface area is 118 Å². The van der Waals surface area contributed by atoms with Gasteiger partial charge in [-0.2, -0.15) is 0 Å². The van der Waals surface area contributed by atoms with Gasteiger partial charge in [0.05, 0.1) is 10.4 Å². The zero-order chi connectivity index (χ0) is 14.8. The van der Waals surface area contributed by atoms with Crippen molar-refractivity contribution in [3.05, 3.63) is 44.9 Å². The van der Waals surface area contributed by atoms with Crippen LogP contribution in [-0.4, -0.2) is 18.3 Å². The molecule has 1 aromatic heterocycles. The van der Waals surface area contributed by atoms with Crippen LogP contribution in [0.5, 0.6) is 0 Å². The third-order valence-corrected chi connectivity index (χ3v) is 4.63.